The van der Waals surface area contributed by atoms with E-state index in [1.54, 1.807) is 17.8 Å². The second-order valence-electron chi connectivity index (χ2n) is 27.4. The minimum absolute atomic E-state index is 0. The fraction of sp³-hybridized carbons (Fsp3) is 0.646. The Morgan fingerprint density at radius 3 is 2.08 bits per heavy atom. The van der Waals surface area contributed by atoms with Crippen molar-refractivity contribution in [3.63, 3.8) is 0 Å². The summed E-state index contributed by atoms with van der Waals surface area (Å²) < 4.78 is 32.4. The number of rotatable bonds is 28. The second-order valence-corrected chi connectivity index (χ2v) is 28.7. The van der Waals surface area contributed by atoms with E-state index in [2.05, 4.69) is 20.6 Å². The number of hydrogen-bond acceptors (Lipinski definition) is 19. The van der Waals surface area contributed by atoms with Gasteiger partial charge in [0.1, 0.15) is 18.3 Å². The molecule has 15 atom stereocenters. The number of aliphatic hydroxyl groups excluding tert-OH is 2. The summed E-state index contributed by atoms with van der Waals surface area (Å²) in [7, 11) is -3.29. The Morgan fingerprint density at radius 1 is 0.895 bits per heavy atom. The first-order valence-electron chi connectivity index (χ1n) is 32.0. The second kappa shape index (κ2) is 31.0. The Balaban J connectivity index is 0.00000278. The fourth-order valence-electron chi connectivity index (χ4n) is 15.3. The van der Waals surface area contributed by atoms with E-state index in [4.69, 9.17) is 67.7 Å². The van der Waals surface area contributed by atoms with Crippen molar-refractivity contribution < 1.29 is 83.8 Å². The number of benzene rings is 1. The average Bonchev–Trinajstić information content (AvgIpc) is 1.53. The summed E-state index contributed by atoms with van der Waals surface area (Å²) in [4.78, 5) is 120. The molecule has 1 aromatic carbocycles. The SMILES string of the molecule is CC1=C2N=C(C=C3[N-]C(=C(C)C4=N[C@@](C)([C@@H]5N=C1[C@](C)(CCC(=O)NC[C@@H](C)OP(=O)(O)O[C@@H]1[C@@H](CO)OC(n6cnc7cc(C)c(C)cc76)[C@@H]1O)[C@H]5CNC=O)[C@@](C)(CCON)[C@@H]4CCC(N)=O)[C@@](C)(CC(N)=O)[C@@H]3CCC(N)=O)C(C)(C)[C@@H]2CCC(N)=O.CC=NC.[Co]. The number of amides is 6. The number of phosphoric ester groups is 1. The molecule has 2 fully saturated rings. The minimum atomic E-state index is -5.04. The van der Waals surface area contributed by atoms with Crippen LogP contribution >= 0.6 is 7.82 Å². The molecular weight excluding hydrogens is 1290 g/mol. The van der Waals surface area contributed by atoms with E-state index in [0.29, 0.717) is 62.8 Å². The third kappa shape index (κ3) is 15.8. The van der Waals surface area contributed by atoms with Gasteiger partial charge in [-0.1, -0.05) is 40.7 Å². The van der Waals surface area contributed by atoms with E-state index in [1.165, 1.54) is 13.3 Å². The van der Waals surface area contributed by atoms with Gasteiger partial charge in [-0.15, -0.1) is 5.70 Å². The zero-order valence-corrected chi connectivity index (χ0v) is 58.7. The maximum atomic E-state index is 14.4. The zero-order chi connectivity index (χ0) is 69.8. The van der Waals surface area contributed by atoms with Gasteiger partial charge < -0.3 is 73.1 Å². The van der Waals surface area contributed by atoms with Crippen LogP contribution in [0.15, 0.2) is 72.7 Å². The molecule has 0 spiro atoms. The molecule has 2 saturated heterocycles. The van der Waals surface area contributed by atoms with Crippen molar-refractivity contribution in [3.8, 4) is 0 Å². The van der Waals surface area contributed by atoms with Crippen molar-refractivity contribution in [1.82, 2.24) is 20.2 Å². The Kier molecular flexibility index (Phi) is 25.3. The normalized spacial score (nSPS) is 30.8. The van der Waals surface area contributed by atoms with Crippen LogP contribution in [0.25, 0.3) is 16.4 Å². The molecule has 6 aliphatic heterocycles. The number of aliphatic hydroxyl groups is 2. The summed E-state index contributed by atoms with van der Waals surface area (Å²) in [6.07, 6.45) is -0.385. The summed E-state index contributed by atoms with van der Waals surface area (Å²) in [5.74, 6) is 0.803. The van der Waals surface area contributed by atoms with Gasteiger partial charge in [-0.2, -0.15) is 5.70 Å². The molecule has 1 radical (unpaired) electrons. The van der Waals surface area contributed by atoms with E-state index in [1.807, 2.05) is 94.4 Å². The molecule has 0 saturated carbocycles. The quantitative estimate of drug-likeness (QED) is 0.0234. The van der Waals surface area contributed by atoms with E-state index in [-0.39, 0.29) is 101 Å². The maximum absolute atomic E-state index is 14.4. The Labute approximate surface area is 565 Å². The molecular formula is C65H98CoN14O14P-. The number of allylic oxidation sites excluding steroid dienone is 6. The number of aryl methyl sites for hydroxylation is 2. The molecule has 2 unspecified atom stereocenters. The van der Waals surface area contributed by atoms with Crippen LogP contribution < -0.4 is 39.5 Å². The number of nitrogens with zero attached hydrogens (tertiary/aromatic N) is 7. The summed E-state index contributed by atoms with van der Waals surface area (Å²) in [6, 6.07) is 2.93. The molecule has 2 aromatic rings. The number of hydrogen-bond donors (Lipinski definition) is 10. The third-order valence-electron chi connectivity index (χ3n) is 20.9. The number of aromatic nitrogens is 2. The number of carbonyl (C=O) groups is 6. The molecule has 0 aliphatic carbocycles. The Morgan fingerprint density at radius 2 is 1.51 bits per heavy atom. The summed E-state index contributed by atoms with van der Waals surface area (Å²) >= 11 is 0. The van der Waals surface area contributed by atoms with Gasteiger partial charge in [0.2, 0.25) is 35.9 Å². The number of nitrogens with two attached hydrogens (primary N) is 5. The molecule has 6 aliphatic rings. The molecule has 28 nitrogen and oxygen atoms in total. The number of fused-ring (bicyclic) bond motifs is 7. The zero-order valence-electron chi connectivity index (χ0n) is 56.8. The van der Waals surface area contributed by atoms with Crippen molar-refractivity contribution >= 4 is 78.2 Å². The topological polar surface area (TPSA) is 453 Å². The fourth-order valence-corrected chi connectivity index (χ4v) is 16.5. The molecule has 15 N–H and O–H groups in total. The van der Waals surface area contributed by atoms with Crippen LogP contribution in [0.4, 0.5) is 0 Å². The van der Waals surface area contributed by atoms with Crippen LogP contribution in [-0.4, -0.2) is 153 Å². The van der Waals surface area contributed by atoms with Crippen molar-refractivity contribution in [2.75, 3.05) is 33.4 Å². The van der Waals surface area contributed by atoms with Crippen molar-refractivity contribution in [2.24, 2.45) is 94.1 Å². The molecule has 95 heavy (non-hydrogen) atoms. The summed E-state index contributed by atoms with van der Waals surface area (Å²) in [6.45, 7) is 21.9. The van der Waals surface area contributed by atoms with Gasteiger partial charge in [-0.25, -0.2) is 15.4 Å². The smallest absolute Gasteiger partial charge is 0.472 e. The molecule has 7 heterocycles. The molecule has 6 amide bonds. The number of aliphatic imine (C=N–C) groups is 4. The number of phosphoric acid groups is 1. The van der Waals surface area contributed by atoms with Gasteiger partial charge in [-0.3, -0.25) is 52.8 Å². The van der Waals surface area contributed by atoms with Crippen LogP contribution in [0.3, 0.4) is 0 Å². The molecule has 8 rings (SSSR count). The van der Waals surface area contributed by atoms with Gasteiger partial charge in [-0.05, 0) is 133 Å². The molecule has 527 valence electrons. The first-order chi connectivity index (χ1) is 44.0. The van der Waals surface area contributed by atoms with E-state index < -0.39 is 132 Å². The van der Waals surface area contributed by atoms with E-state index in [0.717, 1.165) is 11.1 Å². The van der Waals surface area contributed by atoms with E-state index in [9.17, 15) is 48.4 Å². The van der Waals surface area contributed by atoms with Crippen LogP contribution in [0, 0.1) is 59.2 Å². The monoisotopic (exact) mass is 1390 g/mol. The van der Waals surface area contributed by atoms with Crippen molar-refractivity contribution in [2.45, 2.75) is 190 Å². The van der Waals surface area contributed by atoms with Crippen LogP contribution in [0.1, 0.15) is 151 Å². The third-order valence-corrected chi connectivity index (χ3v) is 22.1. The van der Waals surface area contributed by atoms with Crippen LogP contribution in [0.5, 0.6) is 0 Å². The Bertz CT molecular complexity index is 3530. The molecule has 30 heteroatoms. The van der Waals surface area contributed by atoms with Crippen molar-refractivity contribution in [3.05, 3.63) is 69.2 Å². The first kappa shape index (κ1) is 77.6. The Hall–Kier alpha value is -6.37. The van der Waals surface area contributed by atoms with Gasteiger partial charge >= 0.3 is 7.82 Å². The summed E-state index contributed by atoms with van der Waals surface area (Å²) in [5.41, 5.74) is 26.1. The molecule has 8 bridgehead atoms. The van der Waals surface area contributed by atoms with Gasteiger partial charge in [0, 0.05) is 126 Å². The number of carbonyl (C=O) groups excluding carboxylic acids is 6. The summed E-state index contributed by atoms with van der Waals surface area (Å²) in [5, 5.41) is 33.0. The van der Waals surface area contributed by atoms with Crippen LogP contribution in [0.2, 0.25) is 0 Å². The van der Waals surface area contributed by atoms with Gasteiger partial charge in [0.05, 0.1) is 48.3 Å². The predicted molar refractivity (Wildman–Crippen MR) is 355 cm³/mol. The minimum Gasteiger partial charge on any atom is -0.664 e. The number of imidazole rings is 1. The maximum Gasteiger partial charge on any atom is 0.472 e. The molecule has 1 aromatic heterocycles. The number of ether oxygens (including phenoxy) is 1. The standard InChI is InChI=1S/C62H92N13O14P.C3H7N.Co/c1-31-22-41-42(23-32(31)2)75(29-70-41)57-52(83)53(43(28-76)87-57)89-90(84,85)88-33(3)26-69-49(82)18-19-59(8)39(27-68-30-77)56-62(11)61(10,20-21-86-67)38(14-17-47(65)80)51(74-62)35(5)55-60(9,25-48(66)81)36(12-15-45(63)78)40(71-55)24-44-58(6,7)37(13-16-46(64)79)50(72-44)34(4)54(59)73-56;1-3-4-2;/h22-24,29-30,33,36-39,43,52-53,56-57,76,83H,12-21,25-28,67H2,1-11H3,(H12,63,64,65,66,68,69,71,72,73,74,77,78,79,80,81,82,84,85);3H,1-2H3;/p-1/t33-,36-,37-,38-,39+,43-,52-,53-,56-,57?,59-,60+,61+,62+;;/m1../s1. The van der Waals surface area contributed by atoms with Crippen molar-refractivity contribution in [1.29, 1.82) is 0 Å². The van der Waals surface area contributed by atoms with Gasteiger partial charge in [0.15, 0.2) is 6.23 Å². The average molecular weight is 1390 g/mol. The largest absolute Gasteiger partial charge is 0.664 e. The first-order valence-corrected chi connectivity index (χ1v) is 33.5. The number of primary amides is 4. The predicted octanol–water partition coefficient (Wildman–Crippen LogP) is 4.93. The number of nitrogens with one attached hydrogen (secondary N) is 2. The van der Waals surface area contributed by atoms with E-state index >= 15 is 0 Å². The van der Waals surface area contributed by atoms with Gasteiger partial charge in [0.25, 0.3) is 0 Å². The van der Waals surface area contributed by atoms with Crippen LogP contribution in [-0.2, 0) is 68.7 Å².